The van der Waals surface area contributed by atoms with Gasteiger partial charge in [0.05, 0.1) is 25.1 Å². The summed E-state index contributed by atoms with van der Waals surface area (Å²) in [6.45, 7) is 0. The summed E-state index contributed by atoms with van der Waals surface area (Å²) in [5, 5.41) is 5.71. The van der Waals surface area contributed by atoms with Crippen molar-refractivity contribution in [2.75, 3.05) is 17.7 Å². The molecule has 1 aliphatic carbocycles. The Kier molecular flexibility index (Phi) is 5.93. The van der Waals surface area contributed by atoms with E-state index >= 15 is 0 Å². The molecular formula is C24H26N2O5. The molecule has 4 rings (SSSR count). The zero-order chi connectivity index (χ0) is 21.8. The van der Waals surface area contributed by atoms with Crippen LogP contribution in [0.1, 0.15) is 48.9 Å². The van der Waals surface area contributed by atoms with E-state index in [1.807, 2.05) is 6.07 Å². The van der Waals surface area contributed by atoms with Crippen molar-refractivity contribution in [2.45, 2.75) is 44.1 Å². The van der Waals surface area contributed by atoms with Crippen molar-refractivity contribution >= 4 is 29.2 Å². The number of hydrogen-bond donors (Lipinski definition) is 2. The van der Waals surface area contributed by atoms with Crippen molar-refractivity contribution in [1.82, 2.24) is 0 Å². The van der Waals surface area contributed by atoms with Gasteiger partial charge in [0.25, 0.3) is 5.91 Å². The third kappa shape index (κ3) is 4.40. The molecule has 1 aliphatic heterocycles. The quantitative estimate of drug-likeness (QED) is 0.706. The lowest BCUT2D eigenvalue weighted by Crippen LogP contribution is -2.43. The molecule has 1 spiro atoms. The summed E-state index contributed by atoms with van der Waals surface area (Å²) < 4.78 is 10.9. The molecule has 1 saturated heterocycles. The first-order chi connectivity index (χ1) is 15.0. The third-order valence-corrected chi connectivity index (χ3v) is 6.09. The first-order valence-corrected chi connectivity index (χ1v) is 10.6. The molecule has 2 aromatic rings. The van der Waals surface area contributed by atoms with Crippen LogP contribution in [0.25, 0.3) is 0 Å². The molecule has 2 amide bonds. The van der Waals surface area contributed by atoms with E-state index in [1.165, 1.54) is 7.11 Å². The van der Waals surface area contributed by atoms with Gasteiger partial charge in [0.2, 0.25) is 5.91 Å². The summed E-state index contributed by atoms with van der Waals surface area (Å²) in [4.78, 5) is 37.7. The second-order valence-corrected chi connectivity index (χ2v) is 8.08. The Balaban J connectivity index is 1.47. The monoisotopic (exact) mass is 422 g/mol. The molecule has 0 aromatic heterocycles. The number of carbonyl (C=O) groups excluding carboxylic acids is 3. The first-order valence-electron chi connectivity index (χ1n) is 10.6. The summed E-state index contributed by atoms with van der Waals surface area (Å²) in [5.41, 5.74) is 0.779. The molecule has 0 unspecified atom stereocenters. The maximum atomic E-state index is 13.0. The Morgan fingerprint density at radius 1 is 1.03 bits per heavy atom. The van der Waals surface area contributed by atoms with Crippen molar-refractivity contribution in [1.29, 1.82) is 0 Å². The van der Waals surface area contributed by atoms with E-state index < -0.39 is 11.5 Å². The van der Waals surface area contributed by atoms with Crippen LogP contribution in [0.15, 0.2) is 48.5 Å². The second-order valence-electron chi connectivity index (χ2n) is 8.08. The number of carbonyl (C=O) groups is 3. The van der Waals surface area contributed by atoms with Crippen LogP contribution in [0.4, 0.5) is 11.4 Å². The van der Waals surface area contributed by atoms with Gasteiger partial charge in [-0.05, 0) is 56.0 Å². The zero-order valence-electron chi connectivity index (χ0n) is 17.5. The lowest BCUT2D eigenvalue weighted by molar-refractivity contribution is -0.153. The smallest absolute Gasteiger partial charge is 0.307 e. The van der Waals surface area contributed by atoms with E-state index in [-0.39, 0.29) is 24.2 Å². The van der Waals surface area contributed by atoms with E-state index in [0.29, 0.717) is 22.7 Å². The number of nitrogens with one attached hydrogen (secondary N) is 2. The number of benzene rings is 2. The fraction of sp³-hybridized carbons (Fsp3) is 0.375. The maximum absolute atomic E-state index is 13.0. The Bertz CT molecular complexity index is 997. The van der Waals surface area contributed by atoms with Gasteiger partial charge in [0, 0.05) is 11.3 Å². The topological polar surface area (TPSA) is 93.7 Å². The van der Waals surface area contributed by atoms with Crippen molar-refractivity contribution < 1.29 is 23.9 Å². The van der Waals surface area contributed by atoms with E-state index in [0.717, 1.165) is 32.1 Å². The highest BCUT2D eigenvalue weighted by atomic mass is 16.6. The van der Waals surface area contributed by atoms with Gasteiger partial charge >= 0.3 is 5.97 Å². The zero-order valence-corrected chi connectivity index (χ0v) is 17.5. The molecule has 2 aromatic carbocycles. The van der Waals surface area contributed by atoms with Gasteiger partial charge in [0.15, 0.2) is 0 Å². The van der Waals surface area contributed by atoms with Crippen LogP contribution >= 0.6 is 0 Å². The van der Waals surface area contributed by atoms with Crippen LogP contribution in [-0.4, -0.2) is 30.5 Å². The minimum Gasteiger partial charge on any atom is -0.495 e. The second kappa shape index (κ2) is 8.79. The summed E-state index contributed by atoms with van der Waals surface area (Å²) in [7, 11) is 1.54. The molecule has 2 fully saturated rings. The lowest BCUT2D eigenvalue weighted by atomic mass is 9.75. The third-order valence-electron chi connectivity index (χ3n) is 6.09. The Hall–Kier alpha value is -3.35. The largest absolute Gasteiger partial charge is 0.495 e. The summed E-state index contributed by atoms with van der Waals surface area (Å²) in [6.07, 6.45) is 4.54. The highest BCUT2D eigenvalue weighted by Crippen LogP contribution is 2.44. The molecule has 0 bridgehead atoms. The highest BCUT2D eigenvalue weighted by Gasteiger charge is 2.52. The number of para-hydroxylation sites is 2. The fourth-order valence-electron chi connectivity index (χ4n) is 4.53. The van der Waals surface area contributed by atoms with Crippen molar-refractivity contribution in [3.63, 3.8) is 0 Å². The molecule has 1 saturated carbocycles. The van der Waals surface area contributed by atoms with Crippen LogP contribution in [-0.2, 0) is 14.3 Å². The molecule has 7 heteroatoms. The number of amides is 2. The molecule has 2 aliphatic rings. The Morgan fingerprint density at radius 3 is 2.58 bits per heavy atom. The van der Waals surface area contributed by atoms with E-state index in [4.69, 9.17) is 9.47 Å². The summed E-state index contributed by atoms with van der Waals surface area (Å²) in [6, 6.07) is 13.9. The predicted molar refractivity (Wildman–Crippen MR) is 116 cm³/mol. The van der Waals surface area contributed by atoms with Crippen LogP contribution in [0.2, 0.25) is 0 Å². The molecule has 1 atom stereocenters. The predicted octanol–water partition coefficient (Wildman–Crippen LogP) is 4.15. The molecule has 1 heterocycles. The maximum Gasteiger partial charge on any atom is 0.307 e. The standard InChI is InChI=1S/C24H26N2O5/c1-30-20-11-4-3-10-19(20)26-22(28)16-8-7-9-17(14-16)25-23(29)18-15-21(27)31-24(18)12-5-2-6-13-24/h3-4,7-11,14,18H,2,5-6,12-13,15H2,1H3,(H,25,29)(H,26,28)/t18-/m0/s1. The minimum absolute atomic E-state index is 0.0970. The molecule has 31 heavy (non-hydrogen) atoms. The number of rotatable bonds is 5. The lowest BCUT2D eigenvalue weighted by Gasteiger charge is -2.36. The molecule has 162 valence electrons. The van der Waals surface area contributed by atoms with Crippen molar-refractivity contribution in [3.8, 4) is 5.75 Å². The highest BCUT2D eigenvalue weighted by molar-refractivity contribution is 6.06. The van der Waals surface area contributed by atoms with E-state index in [2.05, 4.69) is 10.6 Å². The average molecular weight is 422 g/mol. The van der Waals surface area contributed by atoms with Crippen molar-refractivity contribution in [2.24, 2.45) is 5.92 Å². The number of anilines is 2. The minimum atomic E-state index is -0.682. The van der Waals surface area contributed by atoms with Gasteiger partial charge < -0.3 is 20.1 Å². The molecular weight excluding hydrogens is 396 g/mol. The van der Waals surface area contributed by atoms with Crippen LogP contribution in [0.5, 0.6) is 5.75 Å². The van der Waals surface area contributed by atoms with E-state index in [1.54, 1.807) is 42.5 Å². The Labute approximate surface area is 181 Å². The fourth-order valence-corrected chi connectivity index (χ4v) is 4.53. The van der Waals surface area contributed by atoms with Gasteiger partial charge in [-0.3, -0.25) is 14.4 Å². The van der Waals surface area contributed by atoms with Crippen LogP contribution in [0.3, 0.4) is 0 Å². The number of hydrogen-bond acceptors (Lipinski definition) is 5. The summed E-state index contributed by atoms with van der Waals surface area (Å²) in [5.74, 6) is -0.818. The first kappa shape index (κ1) is 20.9. The SMILES string of the molecule is COc1ccccc1NC(=O)c1cccc(NC(=O)[C@@H]2CC(=O)OC23CCCCC3)c1. The van der Waals surface area contributed by atoms with Gasteiger partial charge in [-0.25, -0.2) is 0 Å². The van der Waals surface area contributed by atoms with Gasteiger partial charge in [-0.2, -0.15) is 0 Å². The normalized spacial score (nSPS) is 19.5. The van der Waals surface area contributed by atoms with Gasteiger partial charge in [-0.15, -0.1) is 0 Å². The molecule has 2 N–H and O–H groups in total. The Morgan fingerprint density at radius 2 is 1.81 bits per heavy atom. The average Bonchev–Trinajstić information content (AvgIpc) is 3.10. The molecule has 0 radical (unpaired) electrons. The number of esters is 1. The van der Waals surface area contributed by atoms with Crippen LogP contribution in [0, 0.1) is 5.92 Å². The van der Waals surface area contributed by atoms with Crippen LogP contribution < -0.4 is 15.4 Å². The molecule has 7 nitrogen and oxygen atoms in total. The summed E-state index contributed by atoms with van der Waals surface area (Å²) >= 11 is 0. The number of methoxy groups -OCH3 is 1. The number of ether oxygens (including phenoxy) is 2. The van der Waals surface area contributed by atoms with E-state index in [9.17, 15) is 14.4 Å². The van der Waals surface area contributed by atoms with Gasteiger partial charge in [-0.1, -0.05) is 24.6 Å². The van der Waals surface area contributed by atoms with Gasteiger partial charge in [0.1, 0.15) is 11.4 Å². The van der Waals surface area contributed by atoms with Crippen molar-refractivity contribution in [3.05, 3.63) is 54.1 Å².